The largest absolute Gasteiger partial charge is 0.348 e. The van der Waals surface area contributed by atoms with Gasteiger partial charge in [0.2, 0.25) is 0 Å². The maximum Gasteiger partial charge on any atom is 0.315 e. The van der Waals surface area contributed by atoms with Gasteiger partial charge < -0.3 is 10.2 Å². The Morgan fingerprint density at radius 2 is 1.78 bits per heavy atom. The molecule has 1 heterocycles. The molecule has 1 aromatic heterocycles. The van der Waals surface area contributed by atoms with Crippen molar-refractivity contribution < 1.29 is 14.5 Å². The number of nitrogens with zero attached hydrogens (tertiary/aromatic N) is 1. The highest BCUT2D eigenvalue weighted by Gasteiger charge is 2.52. The average molecular weight is 392 g/mol. The molecule has 0 aliphatic heterocycles. The van der Waals surface area contributed by atoms with Crippen LogP contribution in [-0.4, -0.2) is 44.0 Å². The zero-order valence-electron chi connectivity index (χ0n) is 16.3. The quantitative estimate of drug-likeness (QED) is 0.504. The maximum absolute atomic E-state index is 12.1. The lowest BCUT2D eigenvalue weighted by Gasteiger charge is -2.56. The molecule has 1 aromatic rings. The lowest BCUT2D eigenvalue weighted by Crippen LogP contribution is -3.05. The molecule has 4 fully saturated rings. The van der Waals surface area contributed by atoms with Gasteiger partial charge in [-0.2, -0.15) is 0 Å². The Hall–Kier alpha value is -1.47. The van der Waals surface area contributed by atoms with Crippen molar-refractivity contribution in [2.75, 3.05) is 32.5 Å². The highest BCUT2D eigenvalue weighted by Crippen LogP contribution is 2.60. The number of hydrogen-bond acceptors (Lipinski definition) is 4. The van der Waals surface area contributed by atoms with E-state index in [0.29, 0.717) is 11.7 Å². The maximum atomic E-state index is 12.1. The van der Waals surface area contributed by atoms with Crippen LogP contribution in [0.2, 0.25) is 0 Å². The van der Waals surface area contributed by atoms with Crippen molar-refractivity contribution in [2.24, 2.45) is 17.8 Å². The molecule has 2 amide bonds. The van der Waals surface area contributed by atoms with Crippen LogP contribution in [0.5, 0.6) is 0 Å². The van der Waals surface area contributed by atoms with E-state index < -0.39 is 11.8 Å². The lowest BCUT2D eigenvalue weighted by atomic mass is 9.49. The van der Waals surface area contributed by atoms with E-state index in [1.165, 1.54) is 54.8 Å². The Morgan fingerprint density at radius 3 is 2.37 bits per heavy atom. The van der Waals surface area contributed by atoms with E-state index in [9.17, 15) is 9.59 Å². The van der Waals surface area contributed by atoms with E-state index in [1.807, 2.05) is 0 Å². The molecule has 0 atom stereocenters. The number of rotatable bonds is 6. The Balaban J connectivity index is 1.33. The number of carbonyl (C=O) groups excluding carboxylic acids is 2. The number of amides is 2. The van der Waals surface area contributed by atoms with Gasteiger partial charge in [-0.1, -0.05) is 0 Å². The normalized spacial score (nSPS) is 31.3. The molecule has 0 spiro atoms. The first kappa shape index (κ1) is 18.9. The summed E-state index contributed by atoms with van der Waals surface area (Å²) in [7, 11) is 4.14. The number of hydrogen-bond donors (Lipinski definition) is 3. The standard InChI is InChI=1S/C20H30N4O2S/c1-24(2)5-3-4-21-17(25)18(26)23-19-22-16(12-27-19)20-9-13-6-14(10-20)8-15(7-13)11-20/h12-15H,3-11H2,1-2H3,(H,21,25)(H,22,23,26)/p+1. The first-order valence-electron chi connectivity index (χ1n) is 10.3. The van der Waals surface area contributed by atoms with E-state index in [4.69, 9.17) is 4.98 Å². The van der Waals surface area contributed by atoms with E-state index in [2.05, 4.69) is 30.1 Å². The van der Waals surface area contributed by atoms with Crippen LogP contribution in [0.15, 0.2) is 5.38 Å². The third-order valence-corrected chi connectivity index (χ3v) is 7.41. The van der Waals surface area contributed by atoms with E-state index >= 15 is 0 Å². The average Bonchev–Trinajstić information content (AvgIpc) is 3.06. The molecule has 4 saturated carbocycles. The molecule has 0 radical (unpaired) electrons. The Labute approximate surface area is 165 Å². The summed E-state index contributed by atoms with van der Waals surface area (Å²) < 4.78 is 0. The van der Waals surface area contributed by atoms with Crippen molar-refractivity contribution >= 4 is 28.3 Å². The van der Waals surface area contributed by atoms with Crippen molar-refractivity contribution in [3.8, 4) is 0 Å². The number of quaternary nitrogens is 1. The van der Waals surface area contributed by atoms with Gasteiger partial charge in [0.05, 0.1) is 26.3 Å². The number of nitrogens with one attached hydrogen (secondary N) is 3. The van der Waals surface area contributed by atoms with Crippen LogP contribution in [0.25, 0.3) is 0 Å². The van der Waals surface area contributed by atoms with Crippen molar-refractivity contribution in [1.82, 2.24) is 10.3 Å². The van der Waals surface area contributed by atoms with E-state index in [1.54, 1.807) is 0 Å². The second kappa shape index (κ2) is 7.51. The van der Waals surface area contributed by atoms with E-state index in [0.717, 1.165) is 36.4 Å². The molecule has 0 saturated heterocycles. The highest BCUT2D eigenvalue weighted by atomic mass is 32.1. The summed E-state index contributed by atoms with van der Waals surface area (Å²) in [6, 6.07) is 0. The number of anilines is 1. The minimum absolute atomic E-state index is 0.227. The summed E-state index contributed by atoms with van der Waals surface area (Å²) in [4.78, 5) is 30.2. The predicted molar refractivity (Wildman–Crippen MR) is 106 cm³/mol. The molecule has 7 heteroatoms. The van der Waals surface area contributed by atoms with Gasteiger partial charge in [0.1, 0.15) is 0 Å². The van der Waals surface area contributed by atoms with Crippen molar-refractivity contribution in [1.29, 1.82) is 0 Å². The summed E-state index contributed by atoms with van der Waals surface area (Å²) in [5.41, 5.74) is 1.38. The summed E-state index contributed by atoms with van der Waals surface area (Å²) in [6.07, 6.45) is 8.83. The summed E-state index contributed by atoms with van der Waals surface area (Å²) in [5.74, 6) is 1.41. The fourth-order valence-corrected chi connectivity index (χ4v) is 6.71. The third-order valence-electron chi connectivity index (χ3n) is 6.65. The fraction of sp³-hybridized carbons (Fsp3) is 0.750. The second-order valence-corrected chi connectivity index (χ2v) is 10.1. The van der Waals surface area contributed by atoms with Gasteiger partial charge in [-0.3, -0.25) is 14.9 Å². The van der Waals surface area contributed by atoms with Crippen LogP contribution in [0.3, 0.4) is 0 Å². The summed E-state index contributed by atoms with van der Waals surface area (Å²) >= 11 is 1.45. The molecule has 0 unspecified atom stereocenters. The molecular formula is C20H31N4O2S+. The Morgan fingerprint density at radius 1 is 1.15 bits per heavy atom. The summed E-state index contributed by atoms with van der Waals surface area (Å²) in [5, 5.41) is 8.05. The van der Waals surface area contributed by atoms with Crippen LogP contribution >= 0.6 is 11.3 Å². The predicted octanol–water partition coefficient (Wildman–Crippen LogP) is 1.20. The third kappa shape index (κ3) is 4.04. The van der Waals surface area contributed by atoms with Gasteiger partial charge >= 0.3 is 11.8 Å². The SMILES string of the molecule is C[NH+](C)CCCNC(=O)C(=O)Nc1nc(C23CC4CC(CC(C4)C2)C3)cs1. The zero-order valence-corrected chi connectivity index (χ0v) is 17.2. The molecule has 4 aliphatic carbocycles. The molecule has 4 bridgehead atoms. The van der Waals surface area contributed by atoms with Gasteiger partial charge in [0, 0.05) is 23.8 Å². The van der Waals surface area contributed by atoms with Crippen molar-refractivity contribution in [3.63, 3.8) is 0 Å². The fourth-order valence-electron chi connectivity index (χ4n) is 5.88. The van der Waals surface area contributed by atoms with Gasteiger partial charge in [-0.15, -0.1) is 11.3 Å². The number of aromatic nitrogens is 1. The van der Waals surface area contributed by atoms with Crippen molar-refractivity contribution in [2.45, 2.75) is 50.4 Å². The van der Waals surface area contributed by atoms with Crippen LogP contribution in [0, 0.1) is 17.8 Å². The molecule has 4 aliphatic rings. The Bertz CT molecular complexity index is 679. The number of carbonyl (C=O) groups is 2. The second-order valence-electron chi connectivity index (χ2n) is 9.26. The monoisotopic (exact) mass is 391 g/mol. The van der Waals surface area contributed by atoms with Gasteiger partial charge in [-0.05, 0) is 56.3 Å². The van der Waals surface area contributed by atoms with Gasteiger partial charge in [0.25, 0.3) is 0 Å². The first-order chi connectivity index (χ1) is 12.9. The van der Waals surface area contributed by atoms with Crippen molar-refractivity contribution in [3.05, 3.63) is 11.1 Å². The molecule has 148 valence electrons. The van der Waals surface area contributed by atoms with Gasteiger partial charge in [0.15, 0.2) is 5.13 Å². The molecule has 0 aromatic carbocycles. The smallest absolute Gasteiger partial charge is 0.315 e. The molecule has 3 N–H and O–H groups in total. The zero-order chi connectivity index (χ0) is 19.0. The molecular weight excluding hydrogens is 360 g/mol. The molecule has 27 heavy (non-hydrogen) atoms. The topological polar surface area (TPSA) is 75.5 Å². The highest BCUT2D eigenvalue weighted by molar-refractivity contribution is 7.14. The van der Waals surface area contributed by atoms with Crippen LogP contribution < -0.4 is 15.5 Å². The summed E-state index contributed by atoms with van der Waals surface area (Å²) in [6.45, 7) is 1.48. The molecule has 5 rings (SSSR count). The lowest BCUT2D eigenvalue weighted by molar-refractivity contribution is -0.858. The van der Waals surface area contributed by atoms with E-state index in [-0.39, 0.29) is 5.41 Å². The van der Waals surface area contributed by atoms with Crippen LogP contribution in [0.1, 0.15) is 50.6 Å². The minimum Gasteiger partial charge on any atom is -0.348 e. The first-order valence-corrected chi connectivity index (χ1v) is 11.2. The Kier molecular flexibility index (Phi) is 5.25. The van der Waals surface area contributed by atoms with Crippen LogP contribution in [-0.2, 0) is 15.0 Å². The molecule has 6 nitrogen and oxygen atoms in total. The number of thiazole rings is 1. The minimum atomic E-state index is -0.612. The van der Waals surface area contributed by atoms with Gasteiger partial charge in [-0.25, -0.2) is 4.98 Å². The van der Waals surface area contributed by atoms with Crippen LogP contribution in [0.4, 0.5) is 5.13 Å².